The van der Waals surface area contributed by atoms with Crippen molar-refractivity contribution in [2.75, 3.05) is 0 Å². The van der Waals surface area contributed by atoms with Gasteiger partial charge in [-0.15, -0.1) is 0 Å². The molecule has 0 aliphatic carbocycles. The Hall–Kier alpha value is -6.26. The zero-order valence-corrected chi connectivity index (χ0v) is 26.8. The molecule has 0 saturated carbocycles. The van der Waals surface area contributed by atoms with Crippen molar-refractivity contribution < 1.29 is 10.2 Å². The minimum Gasteiger partial charge on any atom is -0.506 e. The fraction of sp³-hybridized carbons (Fsp3) is 0.0455. The Bertz CT molecular complexity index is 2230. The summed E-state index contributed by atoms with van der Waals surface area (Å²) >= 11 is 0. The highest BCUT2D eigenvalue weighted by Crippen LogP contribution is 2.32. The van der Waals surface area contributed by atoms with Gasteiger partial charge in [0.1, 0.15) is 22.9 Å². The second-order valence-electron chi connectivity index (χ2n) is 12.0. The van der Waals surface area contributed by atoms with E-state index in [2.05, 4.69) is 70.6 Å². The molecule has 4 nitrogen and oxygen atoms in total. The van der Waals surface area contributed by atoms with Gasteiger partial charge in [-0.1, -0.05) is 109 Å². The summed E-state index contributed by atoms with van der Waals surface area (Å²) in [7, 11) is 0. The number of fused-ring (bicyclic) bond motifs is 4. The molecule has 0 aliphatic heterocycles. The van der Waals surface area contributed by atoms with Crippen LogP contribution in [-0.4, -0.2) is 22.6 Å². The lowest BCUT2D eigenvalue weighted by Crippen LogP contribution is -1.88. The summed E-state index contributed by atoms with van der Waals surface area (Å²) in [6.45, 7) is 3.98. The van der Waals surface area contributed by atoms with E-state index in [4.69, 9.17) is 0 Å². The first-order valence-corrected chi connectivity index (χ1v) is 15.9. The molecule has 0 spiro atoms. The van der Waals surface area contributed by atoms with E-state index in [1.54, 1.807) is 12.1 Å². The Morgan fingerprint density at radius 1 is 0.396 bits per heavy atom. The quantitative estimate of drug-likeness (QED) is 0.151. The molecule has 2 N–H and O–H groups in total. The monoisotopic (exact) mass is 622 g/mol. The molecule has 8 aromatic rings. The first kappa shape index (κ1) is 30.4. The maximum atomic E-state index is 10.0. The molecular formula is C44H34N2O2. The number of benzene rings is 8. The van der Waals surface area contributed by atoms with E-state index in [0.717, 1.165) is 43.8 Å². The van der Waals surface area contributed by atoms with Crippen LogP contribution in [0.3, 0.4) is 0 Å². The van der Waals surface area contributed by atoms with Gasteiger partial charge in [0.05, 0.1) is 0 Å². The molecule has 8 rings (SSSR count). The molecule has 0 amide bonds. The van der Waals surface area contributed by atoms with Crippen molar-refractivity contribution in [1.29, 1.82) is 0 Å². The molecular weight excluding hydrogens is 588 g/mol. The van der Waals surface area contributed by atoms with Crippen LogP contribution in [0.15, 0.2) is 156 Å². The van der Waals surface area contributed by atoms with Gasteiger partial charge in [-0.25, -0.2) is 0 Å². The lowest BCUT2D eigenvalue weighted by Gasteiger charge is -2.08. The first-order valence-electron chi connectivity index (χ1n) is 15.9. The first-order chi connectivity index (χ1) is 23.4. The molecule has 0 fully saturated rings. The molecule has 0 aliphatic rings. The lowest BCUT2D eigenvalue weighted by molar-refractivity contribution is 0.476. The largest absolute Gasteiger partial charge is 0.506 e. The fourth-order valence-electron chi connectivity index (χ4n) is 6.12. The van der Waals surface area contributed by atoms with Crippen LogP contribution in [0.5, 0.6) is 11.5 Å². The van der Waals surface area contributed by atoms with Crippen molar-refractivity contribution in [1.82, 2.24) is 0 Å². The normalized spacial score (nSPS) is 11.5. The van der Waals surface area contributed by atoms with Crippen LogP contribution in [0, 0.1) is 13.8 Å². The summed E-state index contributed by atoms with van der Waals surface area (Å²) < 4.78 is 0. The smallest absolute Gasteiger partial charge is 0.141 e. The van der Waals surface area contributed by atoms with Crippen molar-refractivity contribution in [2.45, 2.75) is 13.8 Å². The predicted molar refractivity (Wildman–Crippen MR) is 203 cm³/mol. The van der Waals surface area contributed by atoms with E-state index in [-0.39, 0.29) is 11.5 Å². The zero-order valence-electron chi connectivity index (χ0n) is 26.8. The van der Waals surface area contributed by atoms with E-state index in [0.29, 0.717) is 11.4 Å². The highest BCUT2D eigenvalue weighted by atomic mass is 16.3. The minimum absolute atomic E-state index is 0.196. The second-order valence-corrected chi connectivity index (χ2v) is 12.0. The SMILES string of the molecule is Cc1ccc(O)c(N=Cc2c3ccccc3cc3ccccc23)c1.Cc1ccc(O)c(N=Cc2c3ccccc3cc3ccccc23)c1. The summed E-state index contributed by atoms with van der Waals surface area (Å²) in [4.78, 5) is 9.12. The van der Waals surface area contributed by atoms with E-state index >= 15 is 0 Å². The number of nitrogens with zero attached hydrogens (tertiary/aromatic N) is 2. The molecule has 0 heterocycles. The fourth-order valence-corrected chi connectivity index (χ4v) is 6.12. The number of phenols is 2. The third-order valence-electron chi connectivity index (χ3n) is 8.55. The van der Waals surface area contributed by atoms with E-state index < -0.39 is 0 Å². The van der Waals surface area contributed by atoms with Crippen LogP contribution in [0.4, 0.5) is 11.4 Å². The number of hydrogen-bond donors (Lipinski definition) is 2. The number of phenolic OH excluding ortho intramolecular Hbond substituents is 2. The zero-order chi connectivity index (χ0) is 33.0. The van der Waals surface area contributed by atoms with E-state index in [9.17, 15) is 10.2 Å². The highest BCUT2D eigenvalue weighted by Gasteiger charge is 2.08. The van der Waals surface area contributed by atoms with Crippen molar-refractivity contribution >= 4 is 66.9 Å². The number of aromatic hydroxyl groups is 2. The molecule has 0 saturated heterocycles. The van der Waals surface area contributed by atoms with Gasteiger partial charge in [0, 0.05) is 23.6 Å². The van der Waals surface area contributed by atoms with Gasteiger partial charge in [-0.05, 0) is 104 Å². The summed E-state index contributed by atoms with van der Waals surface area (Å²) in [5.41, 5.74) is 5.47. The molecule has 0 atom stereocenters. The van der Waals surface area contributed by atoms with E-state index in [1.807, 2.05) is 99.1 Å². The van der Waals surface area contributed by atoms with Crippen LogP contribution in [-0.2, 0) is 0 Å². The number of aliphatic imine (C=N–C) groups is 2. The van der Waals surface area contributed by atoms with E-state index in [1.165, 1.54) is 21.5 Å². The molecule has 0 aromatic heterocycles. The third-order valence-corrected chi connectivity index (χ3v) is 8.55. The maximum absolute atomic E-state index is 10.0. The van der Waals surface area contributed by atoms with Crippen molar-refractivity contribution in [2.24, 2.45) is 9.98 Å². The van der Waals surface area contributed by atoms with Crippen molar-refractivity contribution in [3.63, 3.8) is 0 Å². The third kappa shape index (κ3) is 6.24. The van der Waals surface area contributed by atoms with Gasteiger partial charge >= 0.3 is 0 Å². The molecule has 8 aromatic carbocycles. The van der Waals surface area contributed by atoms with Gasteiger partial charge < -0.3 is 10.2 Å². The van der Waals surface area contributed by atoms with Crippen molar-refractivity contribution in [3.8, 4) is 11.5 Å². The Labute approximate surface area is 279 Å². The molecule has 232 valence electrons. The summed E-state index contributed by atoms with van der Waals surface area (Å²) in [6.07, 6.45) is 3.72. The summed E-state index contributed by atoms with van der Waals surface area (Å²) in [5, 5.41) is 29.4. The Balaban J connectivity index is 0.000000152. The van der Waals surface area contributed by atoms with Gasteiger partial charge in [-0.3, -0.25) is 9.98 Å². The van der Waals surface area contributed by atoms with Gasteiger partial charge in [0.25, 0.3) is 0 Å². The van der Waals surface area contributed by atoms with Gasteiger partial charge in [0.2, 0.25) is 0 Å². The van der Waals surface area contributed by atoms with Crippen LogP contribution in [0.1, 0.15) is 22.3 Å². The second kappa shape index (κ2) is 13.2. The number of hydrogen-bond acceptors (Lipinski definition) is 4. The average Bonchev–Trinajstić information content (AvgIpc) is 3.11. The van der Waals surface area contributed by atoms with Crippen LogP contribution in [0.2, 0.25) is 0 Å². The topological polar surface area (TPSA) is 65.2 Å². The molecule has 48 heavy (non-hydrogen) atoms. The van der Waals surface area contributed by atoms with Crippen LogP contribution in [0.25, 0.3) is 43.1 Å². The summed E-state index contributed by atoms with van der Waals surface area (Å²) in [5.74, 6) is 0.391. The number of aryl methyl sites for hydroxylation is 2. The standard InChI is InChI=1S/2C22H17NO/c2*1-15-10-11-22(24)21(12-15)23-14-20-18-8-4-2-6-16(18)13-17-7-3-5-9-19(17)20/h2*2-14,24H,1H3. The Morgan fingerprint density at radius 2 is 0.708 bits per heavy atom. The van der Waals surface area contributed by atoms with Gasteiger partial charge in [-0.2, -0.15) is 0 Å². The van der Waals surface area contributed by atoms with Gasteiger partial charge in [0.15, 0.2) is 0 Å². The minimum atomic E-state index is 0.196. The van der Waals surface area contributed by atoms with Crippen molar-refractivity contribution in [3.05, 3.63) is 168 Å². The number of rotatable bonds is 4. The van der Waals surface area contributed by atoms with Crippen LogP contribution < -0.4 is 0 Å². The predicted octanol–water partition coefficient (Wildman–Crippen LogP) is 11.5. The Kier molecular flexibility index (Phi) is 8.38. The highest BCUT2D eigenvalue weighted by molar-refractivity contribution is 6.14. The Morgan fingerprint density at radius 3 is 1.04 bits per heavy atom. The summed E-state index contributed by atoms with van der Waals surface area (Å²) in [6, 6.07) is 48.5. The maximum Gasteiger partial charge on any atom is 0.141 e. The average molecular weight is 623 g/mol. The molecule has 0 bridgehead atoms. The van der Waals surface area contributed by atoms with Crippen LogP contribution >= 0.6 is 0 Å². The molecule has 0 radical (unpaired) electrons. The molecule has 0 unspecified atom stereocenters. The molecule has 4 heteroatoms. The lowest BCUT2D eigenvalue weighted by atomic mass is 9.97.